The molecule has 5 nitrogen and oxygen atoms in total. The monoisotopic (exact) mass is 483 g/mol. The molecule has 4 rings (SSSR count). The van der Waals surface area contributed by atoms with Gasteiger partial charge in [0, 0.05) is 68.4 Å². The highest BCUT2D eigenvalue weighted by molar-refractivity contribution is 6.30. The molecule has 2 aliphatic heterocycles. The highest BCUT2D eigenvalue weighted by atomic mass is 35.5. The van der Waals surface area contributed by atoms with Crippen molar-refractivity contribution in [2.24, 2.45) is 5.92 Å². The summed E-state index contributed by atoms with van der Waals surface area (Å²) >= 11 is 6.16. The van der Waals surface area contributed by atoms with Gasteiger partial charge in [0.25, 0.3) is 0 Å². The minimum atomic E-state index is 0.0607. The first-order valence-corrected chi connectivity index (χ1v) is 13.1. The number of piperidine rings is 1. The third kappa shape index (κ3) is 6.67. The summed E-state index contributed by atoms with van der Waals surface area (Å²) in [7, 11) is 0. The summed E-state index contributed by atoms with van der Waals surface area (Å²) in [5.41, 5.74) is 2.48. The normalized spacial score (nSPS) is 19.5. The fourth-order valence-corrected chi connectivity index (χ4v) is 5.25. The van der Waals surface area contributed by atoms with Gasteiger partial charge in [-0.3, -0.25) is 9.69 Å². The van der Waals surface area contributed by atoms with E-state index in [2.05, 4.69) is 39.0 Å². The van der Waals surface area contributed by atoms with Crippen LogP contribution in [-0.2, 0) is 11.3 Å². The highest BCUT2D eigenvalue weighted by Crippen LogP contribution is 2.24. The number of carbonyl (C=O) groups excluding carboxylic acids is 1. The number of anilines is 1. The van der Waals surface area contributed by atoms with Crippen LogP contribution in [-0.4, -0.2) is 61.1 Å². The maximum Gasteiger partial charge on any atom is 0.225 e. The molecule has 1 unspecified atom stereocenters. The zero-order chi connectivity index (χ0) is 23.9. The maximum absolute atomic E-state index is 12.6. The topological polar surface area (TPSA) is 36.0 Å². The molecule has 2 fully saturated rings. The Hall–Kier alpha value is -2.24. The van der Waals surface area contributed by atoms with E-state index in [0.29, 0.717) is 12.6 Å². The van der Waals surface area contributed by atoms with Crippen LogP contribution in [0.5, 0.6) is 5.75 Å². The molecule has 34 heavy (non-hydrogen) atoms. The maximum atomic E-state index is 12.6. The molecule has 0 bridgehead atoms. The zero-order valence-corrected chi connectivity index (χ0v) is 21.3. The molecule has 2 aromatic rings. The van der Waals surface area contributed by atoms with Crippen LogP contribution in [0.25, 0.3) is 0 Å². The van der Waals surface area contributed by atoms with Gasteiger partial charge in [0.2, 0.25) is 5.91 Å². The van der Waals surface area contributed by atoms with E-state index in [1.54, 1.807) is 0 Å². The fraction of sp³-hybridized carbons (Fsp3) is 0.536. The van der Waals surface area contributed by atoms with Gasteiger partial charge < -0.3 is 14.5 Å². The highest BCUT2D eigenvalue weighted by Gasteiger charge is 2.27. The number of hydrogen-bond donors (Lipinski definition) is 0. The van der Waals surface area contributed by atoms with E-state index in [1.807, 2.05) is 38.1 Å². The molecule has 6 heteroatoms. The van der Waals surface area contributed by atoms with Gasteiger partial charge in [0.1, 0.15) is 5.75 Å². The lowest BCUT2D eigenvalue weighted by Gasteiger charge is -2.37. The first-order valence-electron chi connectivity index (χ1n) is 12.7. The first kappa shape index (κ1) is 24.9. The van der Waals surface area contributed by atoms with Gasteiger partial charge in [-0.2, -0.15) is 0 Å². The summed E-state index contributed by atoms with van der Waals surface area (Å²) in [6.07, 6.45) is 4.30. The Kier molecular flexibility index (Phi) is 8.74. The second kappa shape index (κ2) is 11.9. The third-order valence-corrected chi connectivity index (χ3v) is 7.21. The van der Waals surface area contributed by atoms with E-state index in [4.69, 9.17) is 16.3 Å². The van der Waals surface area contributed by atoms with E-state index in [9.17, 15) is 4.79 Å². The third-order valence-electron chi connectivity index (χ3n) is 6.97. The molecule has 1 atom stereocenters. The number of hydrogen-bond acceptors (Lipinski definition) is 4. The van der Waals surface area contributed by atoms with E-state index < -0.39 is 0 Å². The van der Waals surface area contributed by atoms with Crippen LogP contribution in [0.1, 0.15) is 45.1 Å². The quantitative estimate of drug-likeness (QED) is 0.499. The van der Waals surface area contributed by atoms with Crippen LogP contribution in [0, 0.1) is 5.92 Å². The number of nitrogens with zero attached hydrogens (tertiary/aromatic N) is 3. The summed E-state index contributed by atoms with van der Waals surface area (Å²) in [5, 5.41) is 0.791. The summed E-state index contributed by atoms with van der Waals surface area (Å²) in [6.45, 7) is 10.5. The van der Waals surface area contributed by atoms with Crippen LogP contribution in [0.4, 0.5) is 5.69 Å². The first-order chi connectivity index (χ1) is 16.5. The number of amides is 1. The van der Waals surface area contributed by atoms with E-state index in [-0.39, 0.29) is 11.8 Å². The predicted octanol–water partition coefficient (Wildman–Crippen LogP) is 5.47. The van der Waals surface area contributed by atoms with Gasteiger partial charge in [-0.05, 0) is 55.2 Å². The lowest BCUT2D eigenvalue weighted by molar-refractivity contribution is -0.138. The molecule has 0 N–H and O–H groups in total. The van der Waals surface area contributed by atoms with Gasteiger partial charge in [-0.25, -0.2) is 0 Å². The molecular weight excluding hydrogens is 446 g/mol. The van der Waals surface area contributed by atoms with Crippen LogP contribution in [0.15, 0.2) is 48.5 Å². The van der Waals surface area contributed by atoms with Crippen molar-refractivity contribution in [3.63, 3.8) is 0 Å². The zero-order valence-electron chi connectivity index (χ0n) is 20.6. The standard InChI is InChI=1S/C28H38ClN3O2/c1-22(2)28(33)32-13-4-3-9-25(32)12-18-34-27-11-5-7-23(19-27)21-30-14-16-31(17-15-30)26-10-6-8-24(29)20-26/h5-8,10-11,19-20,22,25H,3-4,9,12-18,21H2,1-2H3. The van der Waals surface area contributed by atoms with Crippen molar-refractivity contribution >= 4 is 23.2 Å². The Morgan fingerprint density at radius 2 is 1.82 bits per heavy atom. The van der Waals surface area contributed by atoms with Gasteiger partial charge in [0.15, 0.2) is 0 Å². The smallest absolute Gasteiger partial charge is 0.225 e. The second-order valence-electron chi connectivity index (χ2n) is 9.86. The van der Waals surface area contributed by atoms with Crippen molar-refractivity contribution in [2.75, 3.05) is 44.2 Å². The Labute approximate surface area is 209 Å². The summed E-state index contributed by atoms with van der Waals surface area (Å²) in [4.78, 5) is 19.6. The van der Waals surface area contributed by atoms with E-state index >= 15 is 0 Å². The molecule has 0 saturated carbocycles. The Morgan fingerprint density at radius 3 is 2.59 bits per heavy atom. The van der Waals surface area contributed by atoms with Gasteiger partial charge in [0.05, 0.1) is 6.61 Å². The number of ether oxygens (including phenoxy) is 1. The van der Waals surface area contributed by atoms with Crippen molar-refractivity contribution in [1.29, 1.82) is 0 Å². The predicted molar refractivity (Wildman–Crippen MR) is 140 cm³/mol. The van der Waals surface area contributed by atoms with Crippen LogP contribution in [0.2, 0.25) is 5.02 Å². The molecule has 0 aliphatic carbocycles. The Morgan fingerprint density at radius 1 is 1.03 bits per heavy atom. The number of carbonyl (C=O) groups is 1. The van der Waals surface area contributed by atoms with Gasteiger partial charge in [-0.1, -0.05) is 43.6 Å². The van der Waals surface area contributed by atoms with Crippen molar-refractivity contribution in [2.45, 2.75) is 52.1 Å². The molecule has 2 heterocycles. The van der Waals surface area contributed by atoms with Crippen LogP contribution >= 0.6 is 11.6 Å². The van der Waals surface area contributed by atoms with Gasteiger partial charge in [-0.15, -0.1) is 0 Å². The molecular formula is C28H38ClN3O2. The fourth-order valence-electron chi connectivity index (χ4n) is 5.06. The number of rotatable bonds is 8. The second-order valence-corrected chi connectivity index (χ2v) is 10.3. The van der Waals surface area contributed by atoms with Crippen molar-refractivity contribution in [3.8, 4) is 5.75 Å². The van der Waals surface area contributed by atoms with Crippen LogP contribution < -0.4 is 9.64 Å². The summed E-state index contributed by atoms with van der Waals surface area (Å²) in [5.74, 6) is 1.26. The Balaban J connectivity index is 1.24. The van der Waals surface area contributed by atoms with Crippen molar-refractivity contribution < 1.29 is 9.53 Å². The molecule has 2 aliphatic rings. The minimum Gasteiger partial charge on any atom is -0.494 e. The number of benzene rings is 2. The van der Waals surface area contributed by atoms with Crippen molar-refractivity contribution in [1.82, 2.24) is 9.80 Å². The van der Waals surface area contributed by atoms with Crippen LogP contribution in [0.3, 0.4) is 0 Å². The number of halogens is 1. The van der Waals surface area contributed by atoms with E-state index in [0.717, 1.165) is 69.3 Å². The summed E-state index contributed by atoms with van der Waals surface area (Å²) < 4.78 is 6.14. The average Bonchev–Trinajstić information content (AvgIpc) is 2.84. The summed E-state index contributed by atoms with van der Waals surface area (Å²) in [6, 6.07) is 16.9. The molecule has 184 valence electrons. The lowest BCUT2D eigenvalue weighted by Crippen LogP contribution is -2.46. The molecule has 0 radical (unpaired) electrons. The SMILES string of the molecule is CC(C)C(=O)N1CCCCC1CCOc1cccc(CN2CCN(c3cccc(Cl)c3)CC2)c1. The minimum absolute atomic E-state index is 0.0607. The molecule has 0 aromatic heterocycles. The number of piperazine rings is 1. The largest absolute Gasteiger partial charge is 0.494 e. The van der Waals surface area contributed by atoms with E-state index in [1.165, 1.54) is 17.7 Å². The Bertz CT molecular complexity index is 943. The lowest BCUT2D eigenvalue weighted by atomic mass is 9.98. The van der Waals surface area contributed by atoms with Gasteiger partial charge >= 0.3 is 0 Å². The molecule has 0 spiro atoms. The molecule has 2 aromatic carbocycles. The number of likely N-dealkylation sites (tertiary alicyclic amines) is 1. The molecule has 1 amide bonds. The van der Waals surface area contributed by atoms with Crippen molar-refractivity contribution in [3.05, 3.63) is 59.1 Å². The molecule has 2 saturated heterocycles. The average molecular weight is 484 g/mol.